The van der Waals surface area contributed by atoms with Gasteiger partial charge in [0.25, 0.3) is 0 Å². The summed E-state index contributed by atoms with van der Waals surface area (Å²) in [7, 11) is 0. The first-order valence-electron chi connectivity index (χ1n) is 15.9. The van der Waals surface area contributed by atoms with E-state index in [2.05, 4.69) is 26.6 Å². The summed E-state index contributed by atoms with van der Waals surface area (Å²) in [5, 5.41) is 36.3. The van der Waals surface area contributed by atoms with E-state index < -0.39 is 65.3 Å². The topological polar surface area (TPSA) is 178 Å². The molecule has 0 bridgehead atoms. The fourth-order valence-electron chi connectivity index (χ4n) is 4.81. The van der Waals surface area contributed by atoms with Gasteiger partial charge >= 0.3 is 6.09 Å². The average molecular weight is 656 g/mol. The Morgan fingerprint density at radius 2 is 1.21 bits per heavy atom. The third kappa shape index (κ3) is 14.5. The van der Waals surface area contributed by atoms with Gasteiger partial charge in [-0.25, -0.2) is 4.79 Å². The lowest BCUT2D eigenvalue weighted by molar-refractivity contribution is -0.133. The van der Waals surface area contributed by atoms with Crippen LogP contribution in [0.3, 0.4) is 0 Å². The van der Waals surface area contributed by atoms with Gasteiger partial charge in [-0.15, -0.1) is 0 Å². The van der Waals surface area contributed by atoms with Crippen LogP contribution in [0, 0.1) is 5.41 Å². The molecule has 6 atom stereocenters. The smallest absolute Gasteiger partial charge is 0.407 e. The van der Waals surface area contributed by atoms with Crippen molar-refractivity contribution < 1.29 is 34.1 Å². The van der Waals surface area contributed by atoms with E-state index in [1.165, 1.54) is 6.92 Å². The van der Waals surface area contributed by atoms with Crippen LogP contribution in [0.1, 0.15) is 59.6 Å². The Bertz CT molecular complexity index is 1260. The van der Waals surface area contributed by atoms with Crippen molar-refractivity contribution in [1.29, 1.82) is 0 Å². The molecular weight excluding hydrogens is 602 g/mol. The van der Waals surface area contributed by atoms with E-state index in [0.29, 0.717) is 19.3 Å². The van der Waals surface area contributed by atoms with E-state index >= 15 is 0 Å². The van der Waals surface area contributed by atoms with Crippen LogP contribution in [-0.2, 0) is 32.0 Å². The molecule has 4 amide bonds. The predicted molar refractivity (Wildman–Crippen MR) is 180 cm³/mol. The summed E-state index contributed by atoms with van der Waals surface area (Å²) in [5.74, 6) is -1.01. The van der Waals surface area contributed by atoms with Crippen LogP contribution in [0.15, 0.2) is 60.7 Å². The summed E-state index contributed by atoms with van der Waals surface area (Å²) in [5.41, 5.74) is 0.378. The SMILES string of the molecule is C[C@H](NC=O)C(=O)N[C@H](C(=O)N[C@@H](Cc1ccccc1)[C@H](O)CNC[C@@H](O)[C@H](Cc1ccccc1)NC(=O)OC(C)(C)C)C(C)(C)C. The molecule has 7 N–H and O–H groups in total. The van der Waals surface area contributed by atoms with Crippen molar-refractivity contribution in [3.63, 3.8) is 0 Å². The minimum atomic E-state index is -1.09. The lowest BCUT2D eigenvalue weighted by atomic mass is 9.85. The Morgan fingerprint density at radius 1 is 0.745 bits per heavy atom. The first-order valence-corrected chi connectivity index (χ1v) is 15.9. The van der Waals surface area contributed by atoms with E-state index in [9.17, 15) is 29.4 Å². The minimum Gasteiger partial charge on any atom is -0.444 e. The number of aliphatic hydroxyl groups excluding tert-OH is 2. The van der Waals surface area contributed by atoms with Gasteiger partial charge in [0.2, 0.25) is 18.2 Å². The van der Waals surface area contributed by atoms with E-state index in [1.807, 2.05) is 60.7 Å². The molecule has 0 saturated heterocycles. The van der Waals surface area contributed by atoms with E-state index in [0.717, 1.165) is 11.1 Å². The van der Waals surface area contributed by atoms with Gasteiger partial charge in [0, 0.05) is 13.1 Å². The fourth-order valence-corrected chi connectivity index (χ4v) is 4.81. The number of benzene rings is 2. The molecule has 12 nitrogen and oxygen atoms in total. The number of ether oxygens (including phenoxy) is 1. The Labute approximate surface area is 278 Å². The molecular formula is C35H53N5O7. The molecule has 2 aromatic rings. The van der Waals surface area contributed by atoms with Gasteiger partial charge in [-0.05, 0) is 57.1 Å². The van der Waals surface area contributed by atoms with E-state index in [1.54, 1.807) is 41.5 Å². The molecule has 12 heteroatoms. The molecule has 0 radical (unpaired) electrons. The standard InChI is InChI=1S/C35H53N5O7/c1-23(37-22-41)31(44)40-30(34(2,3)4)32(45)38-26(18-24-14-10-8-11-15-24)28(42)20-36-21-29(43)27(19-25-16-12-9-13-17-25)39-33(46)47-35(5,6)7/h8-17,22-23,26-30,36,42-43H,18-21H2,1-7H3,(H,37,41)(H,38,45)(H,39,46)(H,40,44)/t23-,26-,27-,28+,29+,30+/m0/s1. The molecule has 0 aliphatic rings. The lowest BCUT2D eigenvalue weighted by Gasteiger charge is -2.34. The highest BCUT2D eigenvalue weighted by molar-refractivity contribution is 5.91. The number of rotatable bonds is 17. The van der Waals surface area contributed by atoms with Gasteiger partial charge < -0.3 is 41.5 Å². The predicted octanol–water partition coefficient (Wildman–Crippen LogP) is 1.83. The van der Waals surface area contributed by atoms with Crippen molar-refractivity contribution >= 4 is 24.3 Å². The van der Waals surface area contributed by atoms with Gasteiger partial charge in [-0.2, -0.15) is 0 Å². The van der Waals surface area contributed by atoms with Crippen LogP contribution in [0.4, 0.5) is 4.79 Å². The summed E-state index contributed by atoms with van der Waals surface area (Å²) in [6.07, 6.45) is -1.73. The summed E-state index contributed by atoms with van der Waals surface area (Å²) < 4.78 is 5.41. The third-order valence-electron chi connectivity index (χ3n) is 7.39. The molecule has 2 aromatic carbocycles. The van der Waals surface area contributed by atoms with Crippen molar-refractivity contribution in [2.24, 2.45) is 5.41 Å². The Morgan fingerprint density at radius 3 is 1.64 bits per heavy atom. The second kappa shape index (κ2) is 18.4. The molecule has 260 valence electrons. The Hall–Kier alpha value is -4.00. The maximum atomic E-state index is 13.6. The van der Waals surface area contributed by atoms with Crippen LogP contribution >= 0.6 is 0 Å². The van der Waals surface area contributed by atoms with Gasteiger partial charge in [-0.1, -0.05) is 81.4 Å². The molecule has 0 aliphatic heterocycles. The highest BCUT2D eigenvalue weighted by atomic mass is 16.6. The second-order valence-corrected chi connectivity index (χ2v) is 13.9. The molecule has 0 saturated carbocycles. The minimum absolute atomic E-state index is 0.00612. The quantitative estimate of drug-likeness (QED) is 0.126. The van der Waals surface area contributed by atoms with Gasteiger partial charge in [0.15, 0.2) is 0 Å². The zero-order chi connectivity index (χ0) is 35.2. The maximum absolute atomic E-state index is 13.6. The van der Waals surface area contributed by atoms with E-state index in [-0.39, 0.29) is 13.1 Å². The second-order valence-electron chi connectivity index (χ2n) is 13.9. The average Bonchev–Trinajstić information content (AvgIpc) is 2.98. The molecule has 0 aromatic heterocycles. The first-order chi connectivity index (χ1) is 22.0. The third-order valence-corrected chi connectivity index (χ3v) is 7.39. The van der Waals surface area contributed by atoms with Crippen LogP contribution in [0.2, 0.25) is 0 Å². The number of hydrogen-bond donors (Lipinski definition) is 7. The highest BCUT2D eigenvalue weighted by Crippen LogP contribution is 2.20. The molecule has 0 heterocycles. The number of hydrogen-bond acceptors (Lipinski definition) is 8. The summed E-state index contributed by atoms with van der Waals surface area (Å²) >= 11 is 0. The summed E-state index contributed by atoms with van der Waals surface area (Å²) in [6, 6.07) is 15.5. The normalized spacial score (nSPS) is 15.6. The van der Waals surface area contributed by atoms with Crippen LogP contribution < -0.4 is 26.6 Å². The molecule has 0 unspecified atom stereocenters. The van der Waals surface area contributed by atoms with Crippen LogP contribution in [0.25, 0.3) is 0 Å². The largest absolute Gasteiger partial charge is 0.444 e. The number of aliphatic hydroxyl groups is 2. The van der Waals surface area contributed by atoms with Crippen molar-refractivity contribution in [3.05, 3.63) is 71.8 Å². The van der Waals surface area contributed by atoms with Crippen LogP contribution in [-0.4, -0.2) is 89.6 Å². The van der Waals surface area contributed by atoms with Gasteiger partial charge in [-0.3, -0.25) is 14.4 Å². The number of carbonyl (C=O) groups excluding carboxylic acids is 4. The Kier molecular flexibility index (Phi) is 15.3. The molecule has 0 aliphatic carbocycles. The molecule has 0 fully saturated rings. The van der Waals surface area contributed by atoms with Crippen molar-refractivity contribution in [1.82, 2.24) is 26.6 Å². The first kappa shape index (κ1) is 39.2. The van der Waals surface area contributed by atoms with Gasteiger partial charge in [0.1, 0.15) is 17.7 Å². The number of carbonyl (C=O) groups is 4. The monoisotopic (exact) mass is 655 g/mol. The molecule has 47 heavy (non-hydrogen) atoms. The van der Waals surface area contributed by atoms with Gasteiger partial charge in [0.05, 0.1) is 24.3 Å². The zero-order valence-corrected chi connectivity index (χ0v) is 28.6. The maximum Gasteiger partial charge on any atom is 0.407 e. The number of nitrogens with one attached hydrogen (secondary N) is 5. The number of alkyl carbamates (subject to hydrolysis) is 1. The van der Waals surface area contributed by atoms with Crippen molar-refractivity contribution in [3.8, 4) is 0 Å². The number of amides is 4. The summed E-state index contributed by atoms with van der Waals surface area (Å²) in [4.78, 5) is 49.7. The molecule has 2 rings (SSSR count). The van der Waals surface area contributed by atoms with Crippen molar-refractivity contribution in [2.75, 3.05) is 13.1 Å². The fraction of sp³-hybridized carbons (Fsp3) is 0.543. The highest BCUT2D eigenvalue weighted by Gasteiger charge is 2.36. The van der Waals surface area contributed by atoms with E-state index in [4.69, 9.17) is 4.74 Å². The summed E-state index contributed by atoms with van der Waals surface area (Å²) in [6.45, 7) is 12.2. The molecule has 0 spiro atoms. The van der Waals surface area contributed by atoms with Crippen molar-refractivity contribution in [2.45, 2.75) is 103 Å². The zero-order valence-electron chi connectivity index (χ0n) is 28.6. The van der Waals surface area contributed by atoms with Crippen LogP contribution in [0.5, 0.6) is 0 Å². The lowest BCUT2D eigenvalue weighted by Crippen LogP contribution is -2.60. The Balaban J connectivity index is 2.16.